The second kappa shape index (κ2) is 6.19. The Morgan fingerprint density at radius 2 is 2.10 bits per heavy atom. The number of halogens is 1. The van der Waals surface area contributed by atoms with Crippen molar-refractivity contribution < 1.29 is 9.72 Å². The van der Waals surface area contributed by atoms with Crippen molar-refractivity contribution in [1.29, 1.82) is 0 Å². The van der Waals surface area contributed by atoms with Gasteiger partial charge in [0, 0.05) is 19.2 Å². The van der Waals surface area contributed by atoms with Gasteiger partial charge in [-0.05, 0) is 31.4 Å². The number of hydrogen-bond donors (Lipinski definition) is 1. The first-order valence-corrected chi connectivity index (χ1v) is 6.84. The fourth-order valence-electron chi connectivity index (χ4n) is 2.41. The monoisotopic (exact) mass is 297 g/mol. The number of amides is 1. The smallest absolute Gasteiger partial charge is 0.283 e. The summed E-state index contributed by atoms with van der Waals surface area (Å²) in [6.07, 6.45) is 1.64. The average molecular weight is 298 g/mol. The SMILES string of the molecule is NCC1CCN(C(=O)c2c(Cl)cccc2[N+](=O)[O-])CC1. The van der Waals surface area contributed by atoms with Gasteiger partial charge in [-0.25, -0.2) is 0 Å². The van der Waals surface area contributed by atoms with Gasteiger partial charge < -0.3 is 10.6 Å². The van der Waals surface area contributed by atoms with Gasteiger partial charge in [-0.3, -0.25) is 14.9 Å². The highest BCUT2D eigenvalue weighted by molar-refractivity contribution is 6.34. The second-order valence-corrected chi connectivity index (χ2v) is 5.27. The highest BCUT2D eigenvalue weighted by Gasteiger charge is 2.29. The molecular weight excluding hydrogens is 282 g/mol. The van der Waals surface area contributed by atoms with E-state index in [1.165, 1.54) is 18.2 Å². The molecule has 0 spiro atoms. The predicted octanol–water partition coefficient (Wildman–Crippen LogP) is 2.06. The lowest BCUT2D eigenvalue weighted by Crippen LogP contribution is -2.40. The molecule has 2 rings (SSSR count). The zero-order valence-corrected chi connectivity index (χ0v) is 11.7. The molecule has 1 aromatic carbocycles. The van der Waals surface area contributed by atoms with Crippen molar-refractivity contribution in [3.63, 3.8) is 0 Å². The largest absolute Gasteiger partial charge is 0.338 e. The van der Waals surface area contributed by atoms with E-state index in [0.29, 0.717) is 25.6 Å². The maximum absolute atomic E-state index is 12.4. The zero-order valence-electron chi connectivity index (χ0n) is 10.9. The molecule has 6 nitrogen and oxygen atoms in total. The summed E-state index contributed by atoms with van der Waals surface area (Å²) in [6.45, 7) is 1.72. The minimum Gasteiger partial charge on any atom is -0.338 e. The molecule has 0 saturated carbocycles. The molecule has 1 fully saturated rings. The fraction of sp³-hybridized carbons (Fsp3) is 0.462. The van der Waals surface area contributed by atoms with Crippen LogP contribution in [0.25, 0.3) is 0 Å². The maximum Gasteiger partial charge on any atom is 0.283 e. The molecule has 0 aliphatic carbocycles. The van der Waals surface area contributed by atoms with E-state index in [-0.39, 0.29) is 22.2 Å². The first kappa shape index (κ1) is 14.7. The number of nitrogens with zero attached hydrogens (tertiary/aromatic N) is 2. The van der Waals surface area contributed by atoms with Gasteiger partial charge in [0.1, 0.15) is 5.56 Å². The molecule has 1 saturated heterocycles. The molecule has 0 radical (unpaired) electrons. The summed E-state index contributed by atoms with van der Waals surface area (Å²) in [5.74, 6) is 0.0399. The number of likely N-dealkylation sites (tertiary alicyclic amines) is 1. The topological polar surface area (TPSA) is 89.5 Å². The summed E-state index contributed by atoms with van der Waals surface area (Å²) in [5.41, 5.74) is 5.34. The van der Waals surface area contributed by atoms with Crippen molar-refractivity contribution in [2.75, 3.05) is 19.6 Å². The van der Waals surface area contributed by atoms with E-state index in [0.717, 1.165) is 12.8 Å². The predicted molar refractivity (Wildman–Crippen MR) is 75.8 cm³/mol. The van der Waals surface area contributed by atoms with Crippen LogP contribution in [0.2, 0.25) is 5.02 Å². The van der Waals surface area contributed by atoms with Gasteiger partial charge >= 0.3 is 0 Å². The minimum atomic E-state index is -0.578. The standard InChI is InChI=1S/C13H16ClN3O3/c14-10-2-1-3-11(17(19)20)12(10)13(18)16-6-4-9(8-15)5-7-16/h1-3,9H,4-8,15H2. The quantitative estimate of drug-likeness (QED) is 0.683. The summed E-state index contributed by atoms with van der Waals surface area (Å²) >= 11 is 5.97. The third-order valence-corrected chi connectivity index (χ3v) is 3.95. The Kier molecular flexibility index (Phi) is 4.57. The summed E-state index contributed by atoms with van der Waals surface area (Å²) < 4.78 is 0. The van der Waals surface area contributed by atoms with Gasteiger partial charge in [-0.2, -0.15) is 0 Å². The number of carbonyl (C=O) groups excluding carboxylic acids is 1. The highest BCUT2D eigenvalue weighted by atomic mass is 35.5. The van der Waals surface area contributed by atoms with Crippen LogP contribution in [0.1, 0.15) is 23.2 Å². The Bertz CT molecular complexity index is 528. The number of hydrogen-bond acceptors (Lipinski definition) is 4. The van der Waals surface area contributed by atoms with E-state index in [9.17, 15) is 14.9 Å². The Hall–Kier alpha value is -1.66. The number of piperidine rings is 1. The summed E-state index contributed by atoms with van der Waals surface area (Å²) in [6, 6.07) is 4.26. The second-order valence-electron chi connectivity index (χ2n) is 4.86. The van der Waals surface area contributed by atoms with Crippen LogP contribution in [0.15, 0.2) is 18.2 Å². The Morgan fingerprint density at radius 1 is 1.45 bits per heavy atom. The van der Waals surface area contributed by atoms with Gasteiger partial charge in [-0.1, -0.05) is 17.7 Å². The van der Waals surface area contributed by atoms with Crippen LogP contribution >= 0.6 is 11.6 Å². The summed E-state index contributed by atoms with van der Waals surface area (Å²) in [5, 5.41) is 11.1. The lowest BCUT2D eigenvalue weighted by molar-refractivity contribution is -0.385. The Balaban J connectivity index is 2.24. The van der Waals surface area contributed by atoms with Crippen LogP contribution in [0.5, 0.6) is 0 Å². The molecular formula is C13H16ClN3O3. The number of carbonyl (C=O) groups is 1. The Morgan fingerprint density at radius 3 is 2.65 bits per heavy atom. The molecule has 108 valence electrons. The minimum absolute atomic E-state index is 0.0228. The number of nitro benzene ring substituents is 1. The lowest BCUT2D eigenvalue weighted by Gasteiger charge is -2.31. The van der Waals surface area contributed by atoms with Crippen LogP contribution in [0, 0.1) is 16.0 Å². The van der Waals surface area contributed by atoms with E-state index in [1.807, 2.05) is 0 Å². The zero-order chi connectivity index (χ0) is 14.7. The molecule has 0 unspecified atom stereocenters. The van der Waals surface area contributed by atoms with Crippen LogP contribution in [0.3, 0.4) is 0 Å². The summed E-state index contributed by atoms with van der Waals surface area (Å²) in [7, 11) is 0. The molecule has 0 atom stereocenters. The average Bonchev–Trinajstić information content (AvgIpc) is 2.46. The van der Waals surface area contributed by atoms with Gasteiger partial charge in [-0.15, -0.1) is 0 Å². The molecule has 2 N–H and O–H groups in total. The first-order chi connectivity index (χ1) is 9.54. The van der Waals surface area contributed by atoms with Gasteiger partial charge in [0.15, 0.2) is 0 Å². The van der Waals surface area contributed by atoms with E-state index >= 15 is 0 Å². The van der Waals surface area contributed by atoms with Crippen LogP contribution < -0.4 is 5.73 Å². The van der Waals surface area contributed by atoms with Gasteiger partial charge in [0.25, 0.3) is 11.6 Å². The first-order valence-electron chi connectivity index (χ1n) is 6.46. The van der Waals surface area contributed by atoms with Gasteiger partial charge in [0.2, 0.25) is 0 Å². The Labute approximate surface area is 121 Å². The van der Waals surface area contributed by atoms with Crippen molar-refractivity contribution in [2.24, 2.45) is 11.7 Å². The van der Waals surface area contributed by atoms with Crippen molar-refractivity contribution >= 4 is 23.2 Å². The molecule has 1 aliphatic heterocycles. The fourth-order valence-corrected chi connectivity index (χ4v) is 2.66. The molecule has 20 heavy (non-hydrogen) atoms. The molecule has 0 aromatic heterocycles. The molecule has 7 heteroatoms. The number of rotatable bonds is 3. The van der Waals surface area contributed by atoms with Crippen molar-refractivity contribution in [2.45, 2.75) is 12.8 Å². The number of nitrogens with two attached hydrogens (primary N) is 1. The molecule has 1 heterocycles. The van der Waals surface area contributed by atoms with Crippen molar-refractivity contribution in [3.8, 4) is 0 Å². The third kappa shape index (κ3) is 2.91. The van der Waals surface area contributed by atoms with Crippen LogP contribution in [-0.4, -0.2) is 35.4 Å². The van der Waals surface area contributed by atoms with E-state index in [4.69, 9.17) is 17.3 Å². The summed E-state index contributed by atoms with van der Waals surface area (Å²) in [4.78, 5) is 24.5. The number of nitro groups is 1. The lowest BCUT2D eigenvalue weighted by atomic mass is 9.96. The molecule has 0 bridgehead atoms. The molecule has 1 amide bonds. The van der Waals surface area contributed by atoms with Crippen LogP contribution in [0.4, 0.5) is 5.69 Å². The van der Waals surface area contributed by atoms with Gasteiger partial charge in [0.05, 0.1) is 9.95 Å². The van der Waals surface area contributed by atoms with Crippen molar-refractivity contribution in [1.82, 2.24) is 4.90 Å². The molecule has 1 aromatic rings. The van der Waals surface area contributed by atoms with Crippen molar-refractivity contribution in [3.05, 3.63) is 38.9 Å². The van der Waals surface area contributed by atoms with E-state index < -0.39 is 4.92 Å². The number of benzene rings is 1. The normalized spacial score (nSPS) is 16.2. The van der Waals surface area contributed by atoms with E-state index in [2.05, 4.69) is 0 Å². The molecule has 1 aliphatic rings. The van der Waals surface area contributed by atoms with E-state index in [1.54, 1.807) is 4.90 Å². The third-order valence-electron chi connectivity index (χ3n) is 3.64. The maximum atomic E-state index is 12.4. The highest BCUT2D eigenvalue weighted by Crippen LogP contribution is 2.29. The van der Waals surface area contributed by atoms with Crippen LogP contribution in [-0.2, 0) is 0 Å².